The summed E-state index contributed by atoms with van der Waals surface area (Å²) < 4.78 is 30.1. The number of hydrogen-bond acceptors (Lipinski definition) is 5. The lowest BCUT2D eigenvalue weighted by atomic mass is 10.2. The Balaban J connectivity index is 2.36. The molecule has 0 aromatic heterocycles. The Labute approximate surface area is 134 Å². The predicted molar refractivity (Wildman–Crippen MR) is 87.1 cm³/mol. The topological polar surface area (TPSA) is 89.8 Å². The number of ether oxygens (including phenoxy) is 1. The summed E-state index contributed by atoms with van der Waals surface area (Å²) in [6, 6.07) is 13.2. The molecule has 0 radical (unpaired) electrons. The van der Waals surface area contributed by atoms with Gasteiger partial charge in [-0.2, -0.15) is 0 Å². The van der Waals surface area contributed by atoms with Gasteiger partial charge in [0.05, 0.1) is 16.9 Å². The van der Waals surface area contributed by atoms with Crippen LogP contribution in [0, 0.1) is 10.1 Å². The molecule has 0 N–H and O–H groups in total. The maximum Gasteiger partial charge on any atom is 0.271 e. The van der Waals surface area contributed by atoms with Gasteiger partial charge in [-0.1, -0.05) is 30.3 Å². The highest BCUT2D eigenvalue weighted by Gasteiger charge is 2.20. The fourth-order valence-corrected chi connectivity index (χ4v) is 2.40. The molecule has 0 spiro atoms. The number of non-ortho nitro benzene ring substituents is 1. The number of benzene rings is 2. The molecule has 7 nitrogen and oxygen atoms in total. The van der Waals surface area contributed by atoms with Gasteiger partial charge in [0.2, 0.25) is 10.0 Å². The van der Waals surface area contributed by atoms with Crippen molar-refractivity contribution < 1.29 is 18.1 Å². The minimum Gasteiger partial charge on any atom is -0.487 e. The van der Waals surface area contributed by atoms with Crippen LogP contribution in [0.15, 0.2) is 48.5 Å². The highest BCUT2D eigenvalue weighted by molar-refractivity contribution is 7.92. The summed E-state index contributed by atoms with van der Waals surface area (Å²) in [5, 5.41) is 10.9. The second-order valence-electron chi connectivity index (χ2n) is 4.91. The zero-order valence-corrected chi connectivity index (χ0v) is 13.5. The first kappa shape index (κ1) is 16.8. The number of nitro benzene ring substituents is 1. The van der Waals surface area contributed by atoms with Crippen molar-refractivity contribution in [3.05, 3.63) is 64.2 Å². The van der Waals surface area contributed by atoms with E-state index in [1.165, 1.54) is 25.2 Å². The molecule has 0 aliphatic rings. The lowest BCUT2D eigenvalue weighted by Crippen LogP contribution is -2.25. The molecule has 122 valence electrons. The first-order chi connectivity index (χ1) is 10.8. The first-order valence-electron chi connectivity index (χ1n) is 6.68. The highest BCUT2D eigenvalue weighted by Crippen LogP contribution is 2.33. The third kappa shape index (κ3) is 4.19. The van der Waals surface area contributed by atoms with E-state index in [4.69, 9.17) is 4.74 Å². The number of hydrogen-bond donors (Lipinski definition) is 0. The molecule has 0 saturated carbocycles. The molecule has 8 heteroatoms. The lowest BCUT2D eigenvalue weighted by Gasteiger charge is -2.20. The van der Waals surface area contributed by atoms with Crippen LogP contribution in [-0.2, 0) is 16.6 Å². The van der Waals surface area contributed by atoms with Crippen molar-refractivity contribution in [2.24, 2.45) is 0 Å². The van der Waals surface area contributed by atoms with Crippen LogP contribution in [-0.4, -0.2) is 26.6 Å². The zero-order valence-electron chi connectivity index (χ0n) is 12.7. The fraction of sp³-hybridized carbons (Fsp3) is 0.200. The van der Waals surface area contributed by atoms with Crippen LogP contribution in [0.5, 0.6) is 5.75 Å². The zero-order chi connectivity index (χ0) is 17.0. The van der Waals surface area contributed by atoms with Crippen LogP contribution in [0.1, 0.15) is 5.56 Å². The van der Waals surface area contributed by atoms with Gasteiger partial charge in [-0.25, -0.2) is 8.42 Å². The van der Waals surface area contributed by atoms with Crippen molar-refractivity contribution in [1.82, 2.24) is 0 Å². The van der Waals surface area contributed by atoms with Crippen LogP contribution < -0.4 is 9.04 Å². The van der Waals surface area contributed by atoms with E-state index in [1.807, 2.05) is 30.3 Å². The molecule has 0 aliphatic heterocycles. The Kier molecular flexibility index (Phi) is 4.85. The van der Waals surface area contributed by atoms with Gasteiger partial charge in [-0.05, 0) is 11.6 Å². The number of nitrogens with zero attached hydrogens (tertiary/aromatic N) is 2. The largest absolute Gasteiger partial charge is 0.487 e. The van der Waals surface area contributed by atoms with Gasteiger partial charge >= 0.3 is 0 Å². The summed E-state index contributed by atoms with van der Waals surface area (Å²) >= 11 is 0. The second kappa shape index (κ2) is 6.66. The summed E-state index contributed by atoms with van der Waals surface area (Å²) in [5.74, 6) is 0.257. The van der Waals surface area contributed by atoms with Crippen LogP contribution in [0.25, 0.3) is 0 Å². The third-order valence-corrected chi connectivity index (χ3v) is 4.42. The molecular formula is C15H16N2O5S. The van der Waals surface area contributed by atoms with Gasteiger partial charge < -0.3 is 4.74 Å². The molecule has 0 bridgehead atoms. The average molecular weight is 336 g/mol. The van der Waals surface area contributed by atoms with Crippen LogP contribution >= 0.6 is 0 Å². The summed E-state index contributed by atoms with van der Waals surface area (Å²) in [7, 11) is -2.25. The predicted octanol–water partition coefficient (Wildman–Crippen LogP) is 2.57. The van der Waals surface area contributed by atoms with Crippen LogP contribution in [0.3, 0.4) is 0 Å². The Morgan fingerprint density at radius 1 is 1.17 bits per heavy atom. The van der Waals surface area contributed by atoms with Crippen molar-refractivity contribution >= 4 is 21.4 Å². The molecule has 0 saturated heterocycles. The molecule has 23 heavy (non-hydrogen) atoms. The normalized spacial score (nSPS) is 11.0. The lowest BCUT2D eigenvalue weighted by molar-refractivity contribution is -0.384. The molecule has 2 rings (SSSR count). The van der Waals surface area contributed by atoms with E-state index < -0.39 is 14.9 Å². The van der Waals surface area contributed by atoms with Crippen LogP contribution in [0.2, 0.25) is 0 Å². The molecule has 0 fully saturated rings. The maximum absolute atomic E-state index is 11.7. The molecular weight excluding hydrogens is 320 g/mol. The van der Waals surface area contributed by atoms with Gasteiger partial charge in [0.15, 0.2) is 0 Å². The maximum atomic E-state index is 11.7. The van der Waals surface area contributed by atoms with Gasteiger partial charge in [-0.3, -0.25) is 14.4 Å². The van der Waals surface area contributed by atoms with Gasteiger partial charge in [0.25, 0.3) is 5.69 Å². The van der Waals surface area contributed by atoms with Gasteiger partial charge in [-0.15, -0.1) is 0 Å². The van der Waals surface area contributed by atoms with E-state index in [0.29, 0.717) is 0 Å². The highest BCUT2D eigenvalue weighted by atomic mass is 32.2. The minimum atomic E-state index is -3.57. The third-order valence-electron chi connectivity index (χ3n) is 3.23. The van der Waals surface area contributed by atoms with Crippen molar-refractivity contribution in [3.63, 3.8) is 0 Å². The smallest absolute Gasteiger partial charge is 0.271 e. The van der Waals surface area contributed by atoms with Crippen molar-refractivity contribution in [2.75, 3.05) is 17.6 Å². The summed E-state index contributed by atoms with van der Waals surface area (Å²) in [6.07, 6.45) is 1.02. The number of rotatable bonds is 6. The minimum absolute atomic E-state index is 0.123. The Morgan fingerprint density at radius 2 is 1.83 bits per heavy atom. The number of anilines is 1. The standard InChI is InChI=1S/C15H16N2O5S/c1-16(23(2,20)21)14-10-13(17(18)19)8-9-15(14)22-11-12-6-4-3-5-7-12/h3-10H,11H2,1-2H3. The van der Waals surface area contributed by atoms with Crippen molar-refractivity contribution in [1.29, 1.82) is 0 Å². The van der Waals surface area contributed by atoms with E-state index in [9.17, 15) is 18.5 Å². The Bertz CT molecular complexity index is 806. The van der Waals surface area contributed by atoms with E-state index >= 15 is 0 Å². The molecule has 0 heterocycles. The molecule has 0 aliphatic carbocycles. The summed E-state index contributed by atoms with van der Waals surface area (Å²) in [6.45, 7) is 0.225. The summed E-state index contributed by atoms with van der Waals surface area (Å²) in [4.78, 5) is 10.3. The van der Waals surface area contributed by atoms with Crippen LogP contribution in [0.4, 0.5) is 11.4 Å². The molecule has 0 atom stereocenters. The van der Waals surface area contributed by atoms with E-state index in [-0.39, 0.29) is 23.7 Å². The first-order valence-corrected chi connectivity index (χ1v) is 8.53. The fourth-order valence-electron chi connectivity index (χ4n) is 1.90. The summed E-state index contributed by atoms with van der Waals surface area (Å²) in [5.41, 5.74) is 0.819. The molecule has 2 aromatic rings. The Hall–Kier alpha value is -2.61. The van der Waals surface area contributed by atoms with Gasteiger partial charge in [0.1, 0.15) is 12.4 Å². The number of sulfonamides is 1. The molecule has 2 aromatic carbocycles. The second-order valence-corrected chi connectivity index (χ2v) is 6.93. The number of nitro groups is 1. The average Bonchev–Trinajstić information content (AvgIpc) is 2.52. The molecule has 0 unspecified atom stereocenters. The molecule has 0 amide bonds. The quantitative estimate of drug-likeness (QED) is 0.597. The van der Waals surface area contributed by atoms with E-state index in [0.717, 1.165) is 16.1 Å². The van der Waals surface area contributed by atoms with E-state index in [1.54, 1.807) is 0 Å². The van der Waals surface area contributed by atoms with Gasteiger partial charge in [0, 0.05) is 19.2 Å². The Morgan fingerprint density at radius 3 is 2.39 bits per heavy atom. The SMILES string of the molecule is CN(c1cc([N+](=O)[O-])ccc1OCc1ccccc1)S(C)(=O)=O. The van der Waals surface area contributed by atoms with Crippen molar-refractivity contribution in [3.8, 4) is 5.75 Å². The van der Waals surface area contributed by atoms with Crippen molar-refractivity contribution in [2.45, 2.75) is 6.61 Å². The monoisotopic (exact) mass is 336 g/mol. The van der Waals surface area contributed by atoms with E-state index in [2.05, 4.69) is 0 Å².